The van der Waals surface area contributed by atoms with E-state index in [1.807, 2.05) is 16.7 Å². The molecule has 2 aliphatic rings. The van der Waals surface area contributed by atoms with Crippen molar-refractivity contribution in [3.63, 3.8) is 0 Å². The first-order valence-corrected chi connectivity index (χ1v) is 16.4. The van der Waals surface area contributed by atoms with Gasteiger partial charge in [0.15, 0.2) is 11.8 Å². The summed E-state index contributed by atoms with van der Waals surface area (Å²) in [6, 6.07) is 6.91. The van der Waals surface area contributed by atoms with Gasteiger partial charge in [-0.15, -0.1) is 0 Å². The summed E-state index contributed by atoms with van der Waals surface area (Å²) >= 11 is 9.95. The average molecular weight is 584 g/mol. The van der Waals surface area contributed by atoms with Gasteiger partial charge >= 0.3 is 6.01 Å². The van der Waals surface area contributed by atoms with Crippen molar-refractivity contribution in [1.29, 1.82) is 0 Å². The lowest BCUT2D eigenvalue weighted by Gasteiger charge is -2.19. The summed E-state index contributed by atoms with van der Waals surface area (Å²) in [4.78, 5) is 13.8. The smallest absolute Gasteiger partial charge is 0.301 e. The van der Waals surface area contributed by atoms with Crippen molar-refractivity contribution in [3.8, 4) is 17.3 Å². The molecule has 2 saturated heterocycles. The molecule has 12 heteroatoms. The van der Waals surface area contributed by atoms with Crippen LogP contribution in [-0.4, -0.2) is 76.9 Å². The van der Waals surface area contributed by atoms with Crippen LogP contribution < -0.4 is 4.74 Å². The molecule has 1 N–H and O–H groups in total. The van der Waals surface area contributed by atoms with Gasteiger partial charge in [-0.1, -0.05) is 31.2 Å². The molecule has 0 saturated carbocycles. The number of pyridine rings is 2. The third-order valence-corrected chi connectivity index (χ3v) is 8.56. The highest BCUT2D eigenvalue weighted by Crippen LogP contribution is 2.34. The van der Waals surface area contributed by atoms with Gasteiger partial charge in [0.05, 0.1) is 23.9 Å². The first kappa shape index (κ1) is 25.1. The Morgan fingerprint density at radius 1 is 1.20 bits per heavy atom. The lowest BCUT2D eigenvalue weighted by Crippen LogP contribution is -2.35. The second kappa shape index (κ2) is 10.0. The highest BCUT2D eigenvalue weighted by Gasteiger charge is 2.49. The van der Waals surface area contributed by atoms with E-state index in [-0.39, 0.29) is 19.4 Å². The summed E-state index contributed by atoms with van der Waals surface area (Å²) in [6.07, 6.45) is -0.0899. The fourth-order valence-electron chi connectivity index (χ4n) is 4.14. The summed E-state index contributed by atoms with van der Waals surface area (Å²) in [6.45, 7) is 8.33. The van der Waals surface area contributed by atoms with Gasteiger partial charge in [0.2, 0.25) is 0 Å². The molecule has 2 fully saturated rings. The first-order chi connectivity index (χ1) is 16.7. The highest BCUT2D eigenvalue weighted by molar-refractivity contribution is 9.10. The van der Waals surface area contributed by atoms with E-state index in [1.165, 1.54) is 0 Å². The fraction of sp³-hybridized carbons (Fsp3) is 0.522. The molecule has 0 aliphatic carbocycles. The maximum Gasteiger partial charge on any atom is 0.301 e. The highest BCUT2D eigenvalue weighted by atomic mass is 79.9. The molecule has 35 heavy (non-hydrogen) atoms. The van der Waals surface area contributed by atoms with Crippen LogP contribution in [0.5, 0.6) is 6.01 Å². The summed E-state index contributed by atoms with van der Waals surface area (Å²) < 4.78 is 26.3. The van der Waals surface area contributed by atoms with Crippen LogP contribution in [0.1, 0.15) is 0 Å². The van der Waals surface area contributed by atoms with E-state index in [9.17, 15) is 5.11 Å². The molecule has 2 aliphatic heterocycles. The zero-order valence-corrected chi connectivity index (χ0v) is 23.1. The van der Waals surface area contributed by atoms with Crippen molar-refractivity contribution in [2.75, 3.05) is 19.8 Å². The molecule has 5 rings (SSSR count). The standard InChI is InChI=1S/C23H28BrClN4O5Si/c1-35(2,3)7-6-31-12-29-22-15(8-14(25)19(28-22)13-4-5-18(24)26-9-13)27-23(29)34-17-11-33-20-16(30)10-32-21(17)20/h4-5,8-9,16-17,20-21,30H,6-7,10-12H2,1-3H3/t16-,17-,20-,21-/m1/s1. The van der Waals surface area contributed by atoms with Gasteiger partial charge in [-0.3, -0.25) is 4.57 Å². The molecule has 0 amide bonds. The monoisotopic (exact) mass is 582 g/mol. The number of halogens is 2. The van der Waals surface area contributed by atoms with Crippen LogP contribution in [0.25, 0.3) is 22.4 Å². The number of aliphatic hydroxyl groups excluding tert-OH is 1. The van der Waals surface area contributed by atoms with Gasteiger partial charge in [0, 0.05) is 26.4 Å². The van der Waals surface area contributed by atoms with Gasteiger partial charge in [0.25, 0.3) is 0 Å². The molecule has 0 unspecified atom stereocenters. The zero-order chi connectivity index (χ0) is 24.7. The number of fused-ring (bicyclic) bond motifs is 2. The summed E-state index contributed by atoms with van der Waals surface area (Å²) in [7, 11) is -1.24. The van der Waals surface area contributed by atoms with Gasteiger partial charge in [-0.25, -0.2) is 9.97 Å². The molecule has 5 heterocycles. The second-order valence-electron chi connectivity index (χ2n) is 10.0. The summed E-state index contributed by atoms with van der Waals surface area (Å²) in [5, 5.41) is 10.5. The molecule has 4 atom stereocenters. The molecule has 3 aromatic rings. The van der Waals surface area contributed by atoms with E-state index in [4.69, 9.17) is 35.5 Å². The Morgan fingerprint density at radius 3 is 2.74 bits per heavy atom. The number of aliphatic hydroxyl groups is 1. The fourth-order valence-corrected chi connectivity index (χ4v) is 5.39. The minimum Gasteiger partial charge on any atom is -0.456 e. The number of hydrogen-bond donors (Lipinski definition) is 1. The Bertz CT molecular complexity index is 1210. The zero-order valence-electron chi connectivity index (χ0n) is 19.8. The van der Waals surface area contributed by atoms with Crippen molar-refractivity contribution in [3.05, 3.63) is 34.0 Å². The Hall–Kier alpha value is -1.60. The van der Waals surface area contributed by atoms with E-state index < -0.39 is 26.4 Å². The molecule has 0 radical (unpaired) electrons. The van der Waals surface area contributed by atoms with Crippen molar-refractivity contribution >= 4 is 46.8 Å². The normalized spacial score (nSPS) is 24.3. The van der Waals surface area contributed by atoms with Gasteiger partial charge in [0.1, 0.15) is 35.2 Å². The largest absolute Gasteiger partial charge is 0.456 e. The van der Waals surface area contributed by atoms with E-state index in [0.717, 1.165) is 16.2 Å². The number of ether oxygens (including phenoxy) is 4. The molecular formula is C23H28BrClN4O5Si. The minimum absolute atomic E-state index is 0.229. The van der Waals surface area contributed by atoms with Crippen LogP contribution in [0.2, 0.25) is 30.7 Å². The molecular weight excluding hydrogens is 556 g/mol. The van der Waals surface area contributed by atoms with Crippen molar-refractivity contribution < 1.29 is 24.1 Å². The van der Waals surface area contributed by atoms with E-state index >= 15 is 0 Å². The summed E-state index contributed by atoms with van der Waals surface area (Å²) in [5.41, 5.74) is 2.57. The molecule has 0 aromatic carbocycles. The topological polar surface area (TPSA) is 101 Å². The summed E-state index contributed by atoms with van der Waals surface area (Å²) in [5.74, 6) is 0. The van der Waals surface area contributed by atoms with Gasteiger partial charge in [-0.05, 0) is 40.2 Å². The lowest BCUT2D eigenvalue weighted by atomic mass is 10.1. The Balaban J connectivity index is 1.47. The first-order valence-electron chi connectivity index (χ1n) is 11.5. The van der Waals surface area contributed by atoms with Crippen LogP contribution in [0.4, 0.5) is 0 Å². The number of aromatic nitrogens is 4. The second-order valence-corrected chi connectivity index (χ2v) is 16.9. The third kappa shape index (κ3) is 5.41. The lowest BCUT2D eigenvalue weighted by molar-refractivity contribution is 0.00336. The molecule has 0 spiro atoms. The number of imidazole rings is 1. The third-order valence-electron chi connectivity index (χ3n) is 6.10. The maximum atomic E-state index is 10.1. The van der Waals surface area contributed by atoms with Crippen LogP contribution in [0, 0.1) is 0 Å². The quantitative estimate of drug-likeness (QED) is 0.240. The molecule has 188 valence electrons. The number of hydrogen-bond acceptors (Lipinski definition) is 8. The predicted molar refractivity (Wildman–Crippen MR) is 137 cm³/mol. The minimum atomic E-state index is -1.24. The number of rotatable bonds is 8. The van der Waals surface area contributed by atoms with E-state index in [0.29, 0.717) is 41.1 Å². The van der Waals surface area contributed by atoms with Crippen LogP contribution in [0.15, 0.2) is 29.0 Å². The van der Waals surface area contributed by atoms with E-state index in [2.05, 4.69) is 45.5 Å². The van der Waals surface area contributed by atoms with Crippen molar-refractivity contribution in [2.24, 2.45) is 0 Å². The maximum absolute atomic E-state index is 10.1. The molecule has 3 aromatic heterocycles. The Kier molecular flexibility index (Phi) is 7.19. The predicted octanol–water partition coefficient (Wildman–Crippen LogP) is 4.13. The molecule has 9 nitrogen and oxygen atoms in total. The van der Waals surface area contributed by atoms with Crippen LogP contribution in [-0.2, 0) is 20.9 Å². The van der Waals surface area contributed by atoms with Crippen molar-refractivity contribution in [2.45, 2.75) is 56.8 Å². The van der Waals surface area contributed by atoms with Crippen LogP contribution >= 0.6 is 27.5 Å². The van der Waals surface area contributed by atoms with Gasteiger partial charge < -0.3 is 24.1 Å². The van der Waals surface area contributed by atoms with E-state index in [1.54, 1.807) is 12.3 Å². The Labute approximate surface area is 217 Å². The Morgan fingerprint density at radius 2 is 2.00 bits per heavy atom. The average Bonchev–Trinajstić information content (AvgIpc) is 3.46. The SMILES string of the molecule is C[Si](C)(C)CCOCn1c(O[C@@H]2CO[C@H]3[C@@H]2OC[C@H]3O)nc2cc(Cl)c(-c3ccc(Br)nc3)nc21. The number of nitrogens with zero attached hydrogens (tertiary/aromatic N) is 4. The van der Waals surface area contributed by atoms with Crippen LogP contribution in [0.3, 0.4) is 0 Å². The van der Waals surface area contributed by atoms with Crippen molar-refractivity contribution in [1.82, 2.24) is 19.5 Å². The molecule has 0 bridgehead atoms. The van der Waals surface area contributed by atoms with Gasteiger partial charge in [-0.2, -0.15) is 4.98 Å².